The van der Waals surface area contributed by atoms with Crippen LogP contribution in [0.4, 0.5) is 13.6 Å². The van der Waals surface area contributed by atoms with E-state index in [-0.39, 0.29) is 36.3 Å². The number of benzene rings is 1. The van der Waals surface area contributed by atoms with Gasteiger partial charge in [0.1, 0.15) is 11.4 Å². The molecule has 0 saturated heterocycles. The molecule has 1 amide bonds. The summed E-state index contributed by atoms with van der Waals surface area (Å²) in [5, 5.41) is 16.4. The van der Waals surface area contributed by atoms with Gasteiger partial charge in [-0.25, -0.2) is 4.79 Å². The highest BCUT2D eigenvalue weighted by Gasteiger charge is 2.19. The first-order valence-corrected chi connectivity index (χ1v) is 9.71. The molecular weight excluding hydrogens is 525 g/mol. The second-order valence-corrected chi connectivity index (χ2v) is 7.51. The number of rotatable bonds is 9. The van der Waals surface area contributed by atoms with E-state index in [0.29, 0.717) is 31.2 Å². The molecule has 1 rings (SSSR count). The molecule has 0 aliphatic rings. The van der Waals surface area contributed by atoms with Crippen LogP contribution in [0.1, 0.15) is 39.4 Å². The molecule has 0 radical (unpaired) electrons. The molecule has 0 aliphatic heterocycles. The third-order valence-electron chi connectivity index (χ3n) is 3.70. The molecule has 0 spiro atoms. The zero-order valence-electron chi connectivity index (χ0n) is 18.5. The van der Waals surface area contributed by atoms with E-state index in [1.165, 1.54) is 29.2 Å². The SMILES string of the molecule is CCNC(=NCC(O)c1ccc(OC(F)F)cc1)NCCN(C)C(=O)OC(C)(C)C.I. The first kappa shape index (κ1) is 29.1. The quantitative estimate of drug-likeness (QED) is 0.245. The van der Waals surface area contributed by atoms with E-state index in [1.54, 1.807) is 27.8 Å². The molecule has 11 heteroatoms. The van der Waals surface area contributed by atoms with Crippen LogP contribution in [0.25, 0.3) is 0 Å². The Kier molecular flexibility index (Phi) is 13.4. The molecular formula is C20H33F2IN4O4. The Morgan fingerprint density at radius 1 is 1.23 bits per heavy atom. The van der Waals surface area contributed by atoms with Crippen LogP contribution < -0.4 is 15.4 Å². The average Bonchev–Trinajstić information content (AvgIpc) is 2.64. The molecule has 1 unspecified atom stereocenters. The number of amides is 1. The van der Waals surface area contributed by atoms with Crippen LogP contribution in [0.2, 0.25) is 0 Å². The highest BCUT2D eigenvalue weighted by Crippen LogP contribution is 2.19. The van der Waals surface area contributed by atoms with E-state index in [0.717, 1.165) is 0 Å². The Balaban J connectivity index is 0.00000900. The minimum atomic E-state index is -2.89. The summed E-state index contributed by atoms with van der Waals surface area (Å²) in [6.07, 6.45) is -1.33. The minimum Gasteiger partial charge on any atom is -0.444 e. The van der Waals surface area contributed by atoms with Gasteiger partial charge in [0.05, 0.1) is 12.6 Å². The standard InChI is InChI=1S/C20H32F2N4O4.HI/c1-6-23-18(24-11-12-26(5)19(28)30-20(2,3)4)25-13-16(27)14-7-9-15(10-8-14)29-17(21)22;/h7-10,16-17,27H,6,11-13H2,1-5H3,(H2,23,24,25);1H. The Hall–Kier alpha value is -1.89. The number of alkyl halides is 2. The van der Waals surface area contributed by atoms with Gasteiger partial charge < -0.3 is 30.1 Å². The predicted octanol–water partition coefficient (Wildman–Crippen LogP) is 3.36. The number of carbonyl (C=O) groups is 1. The second-order valence-electron chi connectivity index (χ2n) is 7.51. The average molecular weight is 558 g/mol. The summed E-state index contributed by atoms with van der Waals surface area (Å²) in [4.78, 5) is 17.7. The lowest BCUT2D eigenvalue weighted by molar-refractivity contribution is -0.0498. The van der Waals surface area contributed by atoms with E-state index in [2.05, 4.69) is 20.4 Å². The molecule has 0 saturated carbocycles. The normalized spacial score (nSPS) is 12.6. The summed E-state index contributed by atoms with van der Waals surface area (Å²) in [5.41, 5.74) is -0.0319. The van der Waals surface area contributed by atoms with Crippen LogP contribution in [0.5, 0.6) is 5.75 Å². The molecule has 1 atom stereocenters. The maximum Gasteiger partial charge on any atom is 0.410 e. The van der Waals surface area contributed by atoms with Crippen molar-refractivity contribution in [3.05, 3.63) is 29.8 Å². The summed E-state index contributed by atoms with van der Waals surface area (Å²) in [6, 6.07) is 5.75. The second kappa shape index (κ2) is 14.2. The van der Waals surface area contributed by atoms with Crippen molar-refractivity contribution in [3.63, 3.8) is 0 Å². The zero-order chi connectivity index (χ0) is 22.7. The molecule has 0 heterocycles. The molecule has 0 aliphatic carbocycles. The molecule has 178 valence electrons. The summed E-state index contributed by atoms with van der Waals surface area (Å²) in [6.45, 7) is 5.92. The number of aliphatic imine (C=N–C) groups is 1. The van der Waals surface area contributed by atoms with Gasteiger partial charge in [-0.3, -0.25) is 4.99 Å². The number of carbonyl (C=O) groups excluding carboxylic acids is 1. The van der Waals surface area contributed by atoms with E-state index in [4.69, 9.17) is 4.74 Å². The maximum absolute atomic E-state index is 12.2. The molecule has 31 heavy (non-hydrogen) atoms. The van der Waals surface area contributed by atoms with E-state index in [1.807, 2.05) is 6.92 Å². The van der Waals surface area contributed by atoms with Gasteiger partial charge in [-0.2, -0.15) is 8.78 Å². The number of aliphatic hydroxyl groups excluding tert-OH is 1. The number of likely N-dealkylation sites (N-methyl/N-ethyl adjacent to an activating group) is 1. The molecule has 1 aromatic rings. The number of hydrogen-bond donors (Lipinski definition) is 3. The summed E-state index contributed by atoms with van der Waals surface area (Å²) < 4.78 is 34.0. The van der Waals surface area contributed by atoms with Gasteiger partial charge in [0, 0.05) is 26.7 Å². The fraction of sp³-hybridized carbons (Fsp3) is 0.600. The smallest absolute Gasteiger partial charge is 0.410 e. The van der Waals surface area contributed by atoms with Crippen molar-refractivity contribution in [2.24, 2.45) is 4.99 Å². The Labute approximate surface area is 199 Å². The largest absolute Gasteiger partial charge is 0.444 e. The highest BCUT2D eigenvalue weighted by atomic mass is 127. The van der Waals surface area contributed by atoms with Crippen molar-refractivity contribution in [2.45, 2.75) is 46.0 Å². The van der Waals surface area contributed by atoms with Gasteiger partial charge in [-0.15, -0.1) is 24.0 Å². The lowest BCUT2D eigenvalue weighted by atomic mass is 10.1. The number of halogens is 3. The Morgan fingerprint density at radius 3 is 2.35 bits per heavy atom. The number of nitrogens with zero attached hydrogens (tertiary/aromatic N) is 2. The van der Waals surface area contributed by atoms with Crippen LogP contribution >= 0.6 is 24.0 Å². The lowest BCUT2D eigenvalue weighted by Crippen LogP contribution is -2.43. The number of ether oxygens (including phenoxy) is 2. The topological polar surface area (TPSA) is 95.4 Å². The van der Waals surface area contributed by atoms with Crippen LogP contribution in [-0.2, 0) is 4.74 Å². The molecule has 8 nitrogen and oxygen atoms in total. The fourth-order valence-corrected chi connectivity index (χ4v) is 2.27. The van der Waals surface area contributed by atoms with Crippen molar-refractivity contribution in [2.75, 3.05) is 33.2 Å². The monoisotopic (exact) mass is 558 g/mol. The number of guanidine groups is 1. The number of hydrogen-bond acceptors (Lipinski definition) is 5. The van der Waals surface area contributed by atoms with Crippen molar-refractivity contribution in [3.8, 4) is 5.75 Å². The van der Waals surface area contributed by atoms with Crippen LogP contribution in [0.3, 0.4) is 0 Å². The molecule has 0 fully saturated rings. The van der Waals surface area contributed by atoms with Crippen molar-refractivity contribution >= 4 is 36.0 Å². The summed E-state index contributed by atoms with van der Waals surface area (Å²) in [5.74, 6) is 0.500. The Bertz CT molecular complexity index is 685. The third kappa shape index (κ3) is 12.5. The molecule has 0 bridgehead atoms. The van der Waals surface area contributed by atoms with Gasteiger partial charge >= 0.3 is 12.7 Å². The van der Waals surface area contributed by atoms with Crippen LogP contribution in [-0.4, -0.2) is 67.5 Å². The third-order valence-corrected chi connectivity index (χ3v) is 3.70. The minimum absolute atomic E-state index is 0. The van der Waals surface area contributed by atoms with Gasteiger partial charge in [-0.1, -0.05) is 12.1 Å². The predicted molar refractivity (Wildman–Crippen MR) is 126 cm³/mol. The maximum atomic E-state index is 12.2. The van der Waals surface area contributed by atoms with E-state index in [9.17, 15) is 18.7 Å². The zero-order valence-corrected chi connectivity index (χ0v) is 20.9. The number of aliphatic hydroxyl groups is 1. The highest BCUT2D eigenvalue weighted by molar-refractivity contribution is 14.0. The lowest BCUT2D eigenvalue weighted by Gasteiger charge is -2.25. The van der Waals surface area contributed by atoms with Gasteiger partial charge in [0.2, 0.25) is 0 Å². The van der Waals surface area contributed by atoms with E-state index >= 15 is 0 Å². The van der Waals surface area contributed by atoms with Crippen molar-refractivity contribution in [1.29, 1.82) is 0 Å². The summed E-state index contributed by atoms with van der Waals surface area (Å²) in [7, 11) is 1.64. The van der Waals surface area contributed by atoms with Gasteiger partial charge in [0.15, 0.2) is 5.96 Å². The first-order chi connectivity index (χ1) is 14.0. The fourth-order valence-electron chi connectivity index (χ4n) is 2.27. The van der Waals surface area contributed by atoms with Gasteiger partial charge in [0.25, 0.3) is 0 Å². The molecule has 0 aromatic heterocycles. The van der Waals surface area contributed by atoms with Crippen molar-refractivity contribution < 1.29 is 28.2 Å². The molecule has 1 aromatic carbocycles. The van der Waals surface area contributed by atoms with Crippen LogP contribution in [0.15, 0.2) is 29.3 Å². The Morgan fingerprint density at radius 2 is 1.84 bits per heavy atom. The van der Waals surface area contributed by atoms with Crippen molar-refractivity contribution in [1.82, 2.24) is 15.5 Å². The summed E-state index contributed by atoms with van der Waals surface area (Å²) >= 11 is 0. The van der Waals surface area contributed by atoms with E-state index < -0.39 is 24.4 Å². The van der Waals surface area contributed by atoms with Crippen LogP contribution in [0, 0.1) is 0 Å². The first-order valence-electron chi connectivity index (χ1n) is 9.71. The molecule has 3 N–H and O–H groups in total. The van der Waals surface area contributed by atoms with Gasteiger partial charge in [-0.05, 0) is 45.4 Å². The number of nitrogens with one attached hydrogen (secondary N) is 2.